The second kappa shape index (κ2) is 8.19. The van der Waals surface area contributed by atoms with E-state index in [-0.39, 0.29) is 6.04 Å². The van der Waals surface area contributed by atoms with Gasteiger partial charge in [0.1, 0.15) is 6.04 Å². The molecule has 6 heteroatoms. The smallest absolute Gasteiger partial charge is 0.405 e. The van der Waals surface area contributed by atoms with Gasteiger partial charge in [-0.05, 0) is 55.7 Å². The molecule has 0 radical (unpaired) electrons. The number of carbonyl (C=O) groups is 1. The van der Waals surface area contributed by atoms with Crippen molar-refractivity contribution in [1.82, 2.24) is 10.3 Å². The fraction of sp³-hybridized carbons (Fsp3) is 0.308. The van der Waals surface area contributed by atoms with Gasteiger partial charge < -0.3 is 10.4 Å². The van der Waals surface area contributed by atoms with Crippen LogP contribution in [0.25, 0.3) is 22.4 Å². The molecule has 2 aliphatic rings. The largest absolute Gasteiger partial charge is 0.465 e. The first kappa shape index (κ1) is 20.4. The van der Waals surface area contributed by atoms with Gasteiger partial charge in [-0.15, -0.1) is 0 Å². The van der Waals surface area contributed by atoms with Gasteiger partial charge in [0.25, 0.3) is 0 Å². The van der Waals surface area contributed by atoms with Crippen LogP contribution in [0, 0.1) is 4.91 Å². The molecule has 5 rings (SSSR count). The lowest BCUT2D eigenvalue weighted by Gasteiger charge is -2.42. The molecule has 1 aromatic heterocycles. The van der Waals surface area contributed by atoms with Crippen molar-refractivity contribution in [2.24, 2.45) is 5.18 Å². The standard InChI is InChI=1S/C26H25N3O3/c30-25(31)28-26(14-5-15-26)19-12-10-18(11-13-19)24-20(17-6-2-1-3-7-17)16-21-22(27-24)8-4-9-23(21)29-32/h1-3,6-7,10-13,16,23,28H,4-5,8-9,14-15H2,(H,30,31). The highest BCUT2D eigenvalue weighted by molar-refractivity contribution is 5.82. The fourth-order valence-corrected chi connectivity index (χ4v) is 5.01. The quantitative estimate of drug-likeness (QED) is 0.474. The molecule has 1 heterocycles. The summed E-state index contributed by atoms with van der Waals surface area (Å²) in [7, 11) is 0. The third kappa shape index (κ3) is 3.55. The summed E-state index contributed by atoms with van der Waals surface area (Å²) in [5.74, 6) is 0. The van der Waals surface area contributed by atoms with Crippen LogP contribution in [0.1, 0.15) is 55.0 Å². The maximum absolute atomic E-state index is 11.4. The number of hydrogen-bond acceptors (Lipinski definition) is 4. The number of aromatic nitrogens is 1. The zero-order valence-electron chi connectivity index (χ0n) is 17.8. The van der Waals surface area contributed by atoms with E-state index in [4.69, 9.17) is 4.98 Å². The van der Waals surface area contributed by atoms with Gasteiger partial charge in [-0.3, -0.25) is 4.98 Å². The molecule has 1 unspecified atom stereocenters. The molecule has 1 saturated carbocycles. The van der Waals surface area contributed by atoms with Gasteiger partial charge in [-0.25, -0.2) is 4.79 Å². The van der Waals surface area contributed by atoms with Crippen LogP contribution in [0.4, 0.5) is 4.79 Å². The highest BCUT2D eigenvalue weighted by atomic mass is 16.4. The van der Waals surface area contributed by atoms with Crippen LogP contribution in [0.15, 0.2) is 65.8 Å². The van der Waals surface area contributed by atoms with E-state index >= 15 is 0 Å². The van der Waals surface area contributed by atoms with E-state index in [1.54, 1.807) is 0 Å². The van der Waals surface area contributed by atoms with Crippen molar-refractivity contribution in [3.8, 4) is 22.4 Å². The molecule has 0 spiro atoms. The van der Waals surface area contributed by atoms with Crippen molar-refractivity contribution < 1.29 is 9.90 Å². The first-order valence-electron chi connectivity index (χ1n) is 11.1. The van der Waals surface area contributed by atoms with E-state index in [0.717, 1.165) is 77.7 Å². The number of nitrogens with zero attached hydrogens (tertiary/aromatic N) is 2. The lowest BCUT2D eigenvalue weighted by atomic mass is 9.71. The van der Waals surface area contributed by atoms with Crippen LogP contribution in [0.5, 0.6) is 0 Å². The maximum atomic E-state index is 11.4. The van der Waals surface area contributed by atoms with E-state index in [1.807, 2.05) is 54.6 Å². The van der Waals surface area contributed by atoms with Crippen LogP contribution in [-0.2, 0) is 12.0 Å². The summed E-state index contributed by atoms with van der Waals surface area (Å²) in [6.07, 6.45) is 4.15. The minimum Gasteiger partial charge on any atom is -0.465 e. The Labute approximate surface area is 186 Å². The SMILES string of the molecule is O=NC1CCCc2nc(-c3ccc(C4(NC(=O)O)CCC4)cc3)c(-c3ccccc3)cc21. The molecule has 2 N–H and O–H groups in total. The summed E-state index contributed by atoms with van der Waals surface area (Å²) in [5, 5.41) is 15.4. The molecule has 1 amide bonds. The zero-order chi connectivity index (χ0) is 22.1. The molecule has 32 heavy (non-hydrogen) atoms. The van der Waals surface area contributed by atoms with E-state index in [9.17, 15) is 14.8 Å². The van der Waals surface area contributed by atoms with Gasteiger partial charge >= 0.3 is 6.09 Å². The Morgan fingerprint density at radius 2 is 1.78 bits per heavy atom. The predicted octanol–water partition coefficient (Wildman–Crippen LogP) is 6.21. The predicted molar refractivity (Wildman–Crippen MR) is 123 cm³/mol. The first-order valence-corrected chi connectivity index (χ1v) is 11.1. The van der Waals surface area contributed by atoms with E-state index in [2.05, 4.69) is 16.6 Å². The molecule has 162 valence electrons. The number of rotatable bonds is 5. The van der Waals surface area contributed by atoms with Crippen LogP contribution in [0.3, 0.4) is 0 Å². The number of pyridine rings is 1. The van der Waals surface area contributed by atoms with E-state index in [1.165, 1.54) is 0 Å². The third-order valence-corrected chi connectivity index (χ3v) is 6.86. The monoisotopic (exact) mass is 427 g/mol. The topological polar surface area (TPSA) is 91.7 Å². The molecule has 0 aliphatic heterocycles. The summed E-state index contributed by atoms with van der Waals surface area (Å²) in [4.78, 5) is 27.8. The number of nitrogens with one attached hydrogen (secondary N) is 1. The summed E-state index contributed by atoms with van der Waals surface area (Å²) < 4.78 is 0. The van der Waals surface area contributed by atoms with Crippen molar-refractivity contribution >= 4 is 6.09 Å². The van der Waals surface area contributed by atoms with Crippen LogP contribution >= 0.6 is 0 Å². The lowest BCUT2D eigenvalue weighted by molar-refractivity contribution is 0.144. The fourth-order valence-electron chi connectivity index (χ4n) is 5.01. The average molecular weight is 428 g/mol. The molecular formula is C26H25N3O3. The highest BCUT2D eigenvalue weighted by Crippen LogP contribution is 2.43. The lowest BCUT2D eigenvalue weighted by Crippen LogP contribution is -2.50. The summed E-state index contributed by atoms with van der Waals surface area (Å²) >= 11 is 0. The van der Waals surface area contributed by atoms with Gasteiger partial charge in [-0.2, -0.15) is 4.91 Å². The Kier molecular flexibility index (Phi) is 5.21. The van der Waals surface area contributed by atoms with Crippen molar-refractivity contribution in [3.05, 3.63) is 82.4 Å². The molecular weight excluding hydrogens is 402 g/mol. The number of benzene rings is 2. The van der Waals surface area contributed by atoms with Crippen molar-refractivity contribution in [2.45, 2.75) is 50.1 Å². The van der Waals surface area contributed by atoms with Crippen LogP contribution in [0.2, 0.25) is 0 Å². The second-order valence-electron chi connectivity index (χ2n) is 8.74. The number of nitroso groups, excluding NO2 is 1. The Bertz CT molecular complexity index is 1150. The minimum absolute atomic E-state index is 0.342. The molecule has 0 saturated heterocycles. The van der Waals surface area contributed by atoms with E-state index < -0.39 is 11.6 Å². The Hall–Kier alpha value is -3.54. The molecule has 2 aromatic carbocycles. The highest BCUT2D eigenvalue weighted by Gasteiger charge is 2.40. The molecule has 2 aliphatic carbocycles. The molecule has 3 aromatic rings. The van der Waals surface area contributed by atoms with Gasteiger partial charge in [0.05, 0.1) is 11.2 Å². The molecule has 6 nitrogen and oxygen atoms in total. The van der Waals surface area contributed by atoms with Gasteiger partial charge in [-0.1, -0.05) is 59.8 Å². The normalized spacial score (nSPS) is 18.8. The number of aryl methyl sites for hydroxylation is 1. The number of carboxylic acid groups (broad SMARTS) is 1. The Morgan fingerprint density at radius 3 is 2.41 bits per heavy atom. The van der Waals surface area contributed by atoms with Crippen molar-refractivity contribution in [3.63, 3.8) is 0 Å². The summed E-state index contributed by atoms with van der Waals surface area (Å²) in [5.41, 5.74) is 6.25. The van der Waals surface area contributed by atoms with Gasteiger partial charge in [0.15, 0.2) is 0 Å². The Balaban J connectivity index is 1.60. The number of fused-ring (bicyclic) bond motifs is 1. The summed E-state index contributed by atoms with van der Waals surface area (Å²) in [6.45, 7) is 0. The zero-order valence-corrected chi connectivity index (χ0v) is 17.8. The van der Waals surface area contributed by atoms with Crippen LogP contribution < -0.4 is 5.32 Å². The molecule has 0 bridgehead atoms. The summed E-state index contributed by atoms with van der Waals surface area (Å²) in [6, 6.07) is 19.9. The Morgan fingerprint density at radius 1 is 1.03 bits per heavy atom. The molecule has 1 atom stereocenters. The van der Waals surface area contributed by atoms with Crippen molar-refractivity contribution in [2.75, 3.05) is 0 Å². The number of amides is 1. The van der Waals surface area contributed by atoms with Gasteiger partial charge in [0, 0.05) is 22.4 Å². The molecule has 1 fully saturated rings. The first-order chi connectivity index (χ1) is 15.6. The van der Waals surface area contributed by atoms with Crippen LogP contribution in [-0.4, -0.2) is 16.2 Å². The minimum atomic E-state index is -0.991. The van der Waals surface area contributed by atoms with Gasteiger partial charge in [0.2, 0.25) is 0 Å². The van der Waals surface area contributed by atoms with E-state index in [0.29, 0.717) is 0 Å². The maximum Gasteiger partial charge on any atom is 0.405 e. The van der Waals surface area contributed by atoms with Crippen molar-refractivity contribution in [1.29, 1.82) is 0 Å². The third-order valence-electron chi connectivity index (χ3n) is 6.86. The number of hydrogen-bond donors (Lipinski definition) is 2. The second-order valence-corrected chi connectivity index (χ2v) is 8.74. The average Bonchev–Trinajstić information content (AvgIpc) is 2.80.